The maximum absolute atomic E-state index is 12.3. The van der Waals surface area contributed by atoms with Crippen LogP contribution in [0.5, 0.6) is 5.75 Å². The Hall–Kier alpha value is -3.99. The molecule has 0 atom stereocenters. The molecule has 29 heavy (non-hydrogen) atoms. The maximum Gasteiger partial charge on any atom is 0.362 e. The SMILES string of the molecule is O=C(Oc1ccc2c(c1)C=CCN2c1cccc2ncccc12)c1ccccn1. The van der Waals surface area contributed by atoms with E-state index in [1.807, 2.05) is 42.5 Å². The quantitative estimate of drug-likeness (QED) is 0.370. The van der Waals surface area contributed by atoms with Gasteiger partial charge in [0.25, 0.3) is 0 Å². The highest BCUT2D eigenvalue weighted by atomic mass is 16.5. The molecule has 0 spiro atoms. The third-order valence-electron chi connectivity index (χ3n) is 4.87. The van der Waals surface area contributed by atoms with Crippen LogP contribution >= 0.6 is 0 Å². The Morgan fingerprint density at radius 1 is 0.897 bits per heavy atom. The van der Waals surface area contributed by atoms with Crippen LogP contribution in [-0.2, 0) is 0 Å². The van der Waals surface area contributed by atoms with E-state index in [0.29, 0.717) is 5.75 Å². The predicted octanol–water partition coefficient (Wildman–Crippen LogP) is 5.01. The minimum atomic E-state index is -0.470. The monoisotopic (exact) mass is 379 g/mol. The average molecular weight is 379 g/mol. The van der Waals surface area contributed by atoms with Crippen molar-refractivity contribution in [1.82, 2.24) is 9.97 Å². The van der Waals surface area contributed by atoms with Crippen LogP contribution in [0.25, 0.3) is 17.0 Å². The van der Waals surface area contributed by atoms with Gasteiger partial charge in [-0.3, -0.25) is 4.98 Å². The van der Waals surface area contributed by atoms with Crippen LogP contribution in [0, 0.1) is 0 Å². The minimum absolute atomic E-state index is 0.283. The lowest BCUT2D eigenvalue weighted by molar-refractivity contribution is 0.0728. The van der Waals surface area contributed by atoms with Gasteiger partial charge in [0.2, 0.25) is 0 Å². The first-order valence-corrected chi connectivity index (χ1v) is 9.35. The standard InChI is InChI=1S/C24H17N3O2/c28-24(21-8-1-2-13-26-21)29-18-11-12-22-17(16-18)6-5-15-27(22)23-10-3-9-20-19(23)7-4-14-25-20/h1-14,16H,15H2. The highest BCUT2D eigenvalue weighted by Gasteiger charge is 2.18. The Morgan fingerprint density at radius 3 is 2.72 bits per heavy atom. The zero-order chi connectivity index (χ0) is 19.6. The number of aromatic nitrogens is 2. The number of rotatable bonds is 3. The first-order chi connectivity index (χ1) is 14.3. The summed E-state index contributed by atoms with van der Waals surface area (Å²) >= 11 is 0. The Kier molecular flexibility index (Phi) is 4.26. The molecule has 3 heterocycles. The van der Waals surface area contributed by atoms with E-state index in [-0.39, 0.29) is 5.69 Å². The van der Waals surface area contributed by atoms with Crippen molar-refractivity contribution in [1.29, 1.82) is 0 Å². The second-order valence-electron chi connectivity index (χ2n) is 6.69. The Labute approximate surface area is 167 Å². The van der Waals surface area contributed by atoms with Gasteiger partial charge in [-0.05, 0) is 54.6 Å². The summed E-state index contributed by atoms with van der Waals surface area (Å²) in [6, 6.07) is 21.0. The Balaban J connectivity index is 1.49. The molecule has 5 heteroatoms. The van der Waals surface area contributed by atoms with Gasteiger partial charge in [0.05, 0.1) is 11.2 Å². The van der Waals surface area contributed by atoms with E-state index in [2.05, 4.69) is 33.1 Å². The van der Waals surface area contributed by atoms with Gasteiger partial charge >= 0.3 is 5.97 Å². The number of hydrogen-bond acceptors (Lipinski definition) is 5. The van der Waals surface area contributed by atoms with Crippen molar-refractivity contribution in [2.45, 2.75) is 0 Å². The molecule has 0 amide bonds. The van der Waals surface area contributed by atoms with Crippen LogP contribution in [0.3, 0.4) is 0 Å². The molecule has 0 saturated carbocycles. The van der Waals surface area contributed by atoms with Gasteiger partial charge in [-0.15, -0.1) is 0 Å². The number of benzene rings is 2. The average Bonchev–Trinajstić information content (AvgIpc) is 2.79. The zero-order valence-corrected chi connectivity index (χ0v) is 15.5. The fourth-order valence-corrected chi connectivity index (χ4v) is 3.55. The van der Waals surface area contributed by atoms with Gasteiger partial charge < -0.3 is 9.64 Å². The van der Waals surface area contributed by atoms with Gasteiger partial charge in [-0.25, -0.2) is 9.78 Å². The summed E-state index contributed by atoms with van der Waals surface area (Å²) in [5.74, 6) is 0.0211. The molecule has 5 nitrogen and oxygen atoms in total. The molecule has 4 aromatic rings. The summed E-state index contributed by atoms with van der Waals surface area (Å²) in [7, 11) is 0. The molecule has 0 bridgehead atoms. The predicted molar refractivity (Wildman–Crippen MR) is 113 cm³/mol. The lowest BCUT2D eigenvalue weighted by Crippen LogP contribution is -2.20. The number of esters is 1. The number of ether oxygens (including phenoxy) is 1. The Morgan fingerprint density at radius 2 is 1.83 bits per heavy atom. The van der Waals surface area contributed by atoms with Crippen LogP contribution in [0.1, 0.15) is 16.1 Å². The summed E-state index contributed by atoms with van der Waals surface area (Å²) in [6.07, 6.45) is 7.52. The van der Waals surface area contributed by atoms with Crippen molar-refractivity contribution in [3.05, 3.63) is 96.5 Å². The van der Waals surface area contributed by atoms with Crippen molar-refractivity contribution in [2.75, 3.05) is 11.4 Å². The topological polar surface area (TPSA) is 55.3 Å². The van der Waals surface area contributed by atoms with E-state index < -0.39 is 5.97 Å². The van der Waals surface area contributed by atoms with Crippen LogP contribution in [0.15, 0.2) is 85.2 Å². The molecule has 0 saturated heterocycles. The van der Waals surface area contributed by atoms with Gasteiger partial charge in [-0.2, -0.15) is 0 Å². The second kappa shape index (κ2) is 7.20. The molecule has 2 aromatic heterocycles. The number of carbonyl (C=O) groups excluding carboxylic acids is 1. The van der Waals surface area contributed by atoms with Crippen molar-refractivity contribution >= 4 is 34.3 Å². The molecule has 0 radical (unpaired) electrons. The van der Waals surface area contributed by atoms with E-state index in [9.17, 15) is 4.79 Å². The van der Waals surface area contributed by atoms with E-state index in [1.165, 1.54) is 0 Å². The molecule has 140 valence electrons. The zero-order valence-electron chi connectivity index (χ0n) is 15.5. The molecular weight excluding hydrogens is 362 g/mol. The van der Waals surface area contributed by atoms with Crippen LogP contribution in [0.2, 0.25) is 0 Å². The fourth-order valence-electron chi connectivity index (χ4n) is 3.55. The van der Waals surface area contributed by atoms with Gasteiger partial charge in [-0.1, -0.05) is 24.3 Å². The third-order valence-corrected chi connectivity index (χ3v) is 4.87. The normalized spacial score (nSPS) is 12.6. The number of fused-ring (bicyclic) bond motifs is 2. The van der Waals surface area contributed by atoms with Crippen molar-refractivity contribution < 1.29 is 9.53 Å². The second-order valence-corrected chi connectivity index (χ2v) is 6.69. The van der Waals surface area contributed by atoms with Crippen LogP contribution in [-0.4, -0.2) is 22.5 Å². The number of nitrogens with zero attached hydrogens (tertiary/aromatic N) is 3. The van der Waals surface area contributed by atoms with Crippen molar-refractivity contribution in [2.24, 2.45) is 0 Å². The van der Waals surface area contributed by atoms with Crippen LogP contribution < -0.4 is 9.64 Å². The molecule has 0 N–H and O–H groups in total. The number of hydrogen-bond donors (Lipinski definition) is 0. The molecular formula is C24H17N3O2. The lowest BCUT2D eigenvalue weighted by Gasteiger charge is -2.29. The third kappa shape index (κ3) is 3.23. The fraction of sp³-hybridized carbons (Fsp3) is 0.0417. The molecule has 0 aliphatic carbocycles. The van der Waals surface area contributed by atoms with E-state index in [1.54, 1.807) is 30.6 Å². The molecule has 0 unspecified atom stereocenters. The summed E-state index contributed by atoms with van der Waals surface area (Å²) < 4.78 is 5.51. The van der Waals surface area contributed by atoms with Gasteiger partial charge in [0.15, 0.2) is 0 Å². The number of pyridine rings is 2. The highest BCUT2D eigenvalue weighted by Crippen LogP contribution is 2.37. The maximum atomic E-state index is 12.3. The summed E-state index contributed by atoms with van der Waals surface area (Å²) in [5, 5.41) is 1.10. The first-order valence-electron chi connectivity index (χ1n) is 9.35. The highest BCUT2D eigenvalue weighted by molar-refractivity contribution is 5.95. The summed E-state index contributed by atoms with van der Waals surface area (Å²) in [5.41, 5.74) is 4.39. The smallest absolute Gasteiger partial charge is 0.362 e. The first kappa shape index (κ1) is 17.1. The van der Waals surface area contributed by atoms with E-state index in [4.69, 9.17) is 4.74 Å². The molecule has 5 rings (SSSR count). The van der Waals surface area contributed by atoms with Crippen molar-refractivity contribution in [3.8, 4) is 5.75 Å². The van der Waals surface area contributed by atoms with Gasteiger partial charge in [0.1, 0.15) is 11.4 Å². The lowest BCUT2D eigenvalue weighted by atomic mass is 10.0. The molecule has 0 fully saturated rings. The molecule has 1 aliphatic heterocycles. The van der Waals surface area contributed by atoms with E-state index >= 15 is 0 Å². The van der Waals surface area contributed by atoms with Crippen LogP contribution in [0.4, 0.5) is 11.4 Å². The van der Waals surface area contributed by atoms with Crippen molar-refractivity contribution in [3.63, 3.8) is 0 Å². The van der Waals surface area contributed by atoms with Gasteiger partial charge in [0, 0.05) is 35.6 Å². The summed E-state index contributed by atoms with van der Waals surface area (Å²) in [6.45, 7) is 0.758. The molecule has 2 aromatic carbocycles. The molecule has 1 aliphatic rings. The Bertz CT molecular complexity index is 1230. The summed E-state index contributed by atoms with van der Waals surface area (Å²) in [4.78, 5) is 23.0. The van der Waals surface area contributed by atoms with E-state index in [0.717, 1.165) is 34.4 Å². The largest absolute Gasteiger partial charge is 0.422 e. The number of carbonyl (C=O) groups is 1. The number of anilines is 2. The minimum Gasteiger partial charge on any atom is -0.422 e.